The van der Waals surface area contributed by atoms with E-state index in [1.54, 1.807) is 15.9 Å². The first-order valence-corrected chi connectivity index (χ1v) is 13.4. The lowest BCUT2D eigenvalue weighted by Crippen LogP contribution is -2.60. The molecular formula is C28H44N2O6. The predicted octanol–water partition coefficient (Wildman–Crippen LogP) is 2.95. The van der Waals surface area contributed by atoms with E-state index in [4.69, 9.17) is 9.47 Å². The molecule has 2 bridgehead atoms. The Hall–Kier alpha value is -2.19. The quantitative estimate of drug-likeness (QED) is 0.306. The number of aliphatic hydroxyl groups is 1. The molecule has 8 atom stereocenters. The molecule has 0 radical (unpaired) electrons. The van der Waals surface area contributed by atoms with Gasteiger partial charge in [0.15, 0.2) is 0 Å². The van der Waals surface area contributed by atoms with Gasteiger partial charge in [0.25, 0.3) is 0 Å². The summed E-state index contributed by atoms with van der Waals surface area (Å²) in [5.74, 6) is -2.83. The molecule has 3 unspecified atom stereocenters. The van der Waals surface area contributed by atoms with Crippen LogP contribution in [-0.4, -0.2) is 82.3 Å². The normalized spacial score (nSPS) is 34.3. The van der Waals surface area contributed by atoms with E-state index in [2.05, 4.69) is 20.1 Å². The number of fused-ring (bicyclic) bond motifs is 1. The molecule has 0 aliphatic carbocycles. The summed E-state index contributed by atoms with van der Waals surface area (Å²) in [5, 5.41) is 10.4. The average Bonchev–Trinajstić information content (AvgIpc) is 3.37. The van der Waals surface area contributed by atoms with Crippen LogP contribution in [0.3, 0.4) is 0 Å². The van der Waals surface area contributed by atoms with Crippen molar-refractivity contribution in [2.45, 2.75) is 83.6 Å². The zero-order chi connectivity index (χ0) is 26.8. The molecule has 3 aliphatic rings. The number of likely N-dealkylation sites (tertiary alicyclic amines) is 1. The van der Waals surface area contributed by atoms with E-state index in [-0.39, 0.29) is 36.9 Å². The second-order valence-corrected chi connectivity index (χ2v) is 10.9. The number of rotatable bonds is 13. The predicted molar refractivity (Wildman–Crippen MR) is 137 cm³/mol. The maximum absolute atomic E-state index is 14.3. The van der Waals surface area contributed by atoms with Crippen LogP contribution >= 0.6 is 0 Å². The van der Waals surface area contributed by atoms with Crippen LogP contribution < -0.4 is 0 Å². The van der Waals surface area contributed by atoms with E-state index in [1.807, 2.05) is 27.7 Å². The number of hydrogen-bond acceptors (Lipinski definition) is 6. The van der Waals surface area contributed by atoms with E-state index >= 15 is 0 Å². The van der Waals surface area contributed by atoms with Gasteiger partial charge in [0.1, 0.15) is 24.2 Å². The van der Waals surface area contributed by atoms with Gasteiger partial charge in [-0.25, -0.2) is 0 Å². The maximum atomic E-state index is 14.3. The van der Waals surface area contributed by atoms with Gasteiger partial charge in [-0.05, 0) is 31.6 Å². The number of amides is 2. The van der Waals surface area contributed by atoms with Gasteiger partial charge in [-0.2, -0.15) is 0 Å². The summed E-state index contributed by atoms with van der Waals surface area (Å²) >= 11 is 0. The van der Waals surface area contributed by atoms with Crippen molar-refractivity contribution < 1.29 is 29.0 Å². The van der Waals surface area contributed by atoms with Crippen molar-refractivity contribution in [3.8, 4) is 0 Å². The zero-order valence-electron chi connectivity index (χ0n) is 22.6. The molecule has 3 aliphatic heterocycles. The average molecular weight is 505 g/mol. The number of ether oxygens (including phenoxy) is 2. The van der Waals surface area contributed by atoms with Crippen LogP contribution in [0.2, 0.25) is 0 Å². The van der Waals surface area contributed by atoms with Crippen LogP contribution in [0.25, 0.3) is 0 Å². The first-order chi connectivity index (χ1) is 17.1. The third kappa shape index (κ3) is 4.30. The first kappa shape index (κ1) is 28.4. The lowest BCUT2D eigenvalue weighted by atomic mass is 9.62. The van der Waals surface area contributed by atoms with Gasteiger partial charge in [0.2, 0.25) is 11.8 Å². The van der Waals surface area contributed by atoms with Crippen molar-refractivity contribution in [1.29, 1.82) is 0 Å². The summed E-state index contributed by atoms with van der Waals surface area (Å²) in [6, 6.07) is -1.50. The Labute approximate surface area is 215 Å². The van der Waals surface area contributed by atoms with Crippen LogP contribution in [0, 0.1) is 23.7 Å². The number of esters is 1. The molecule has 3 rings (SSSR count). The molecular weight excluding hydrogens is 460 g/mol. The smallest absolute Gasteiger partial charge is 0.313 e. The highest BCUT2D eigenvalue weighted by atomic mass is 16.6. The van der Waals surface area contributed by atoms with Gasteiger partial charge < -0.3 is 24.4 Å². The van der Waals surface area contributed by atoms with E-state index in [0.29, 0.717) is 19.5 Å². The number of aliphatic hydroxyl groups excluding tert-OH is 1. The molecule has 202 valence electrons. The molecule has 0 aromatic heterocycles. The summed E-state index contributed by atoms with van der Waals surface area (Å²) in [5.41, 5.74) is -2.09. The van der Waals surface area contributed by atoms with Gasteiger partial charge >= 0.3 is 5.97 Å². The first-order valence-electron chi connectivity index (χ1n) is 13.4. The fourth-order valence-electron chi connectivity index (χ4n) is 6.69. The fourth-order valence-corrected chi connectivity index (χ4v) is 6.69. The second kappa shape index (κ2) is 11.1. The molecule has 36 heavy (non-hydrogen) atoms. The number of unbranched alkanes of at least 4 members (excludes halogenated alkanes) is 1. The zero-order valence-corrected chi connectivity index (χ0v) is 22.6. The molecule has 8 heteroatoms. The Morgan fingerprint density at radius 1 is 1.33 bits per heavy atom. The second-order valence-electron chi connectivity index (χ2n) is 10.9. The molecule has 0 aromatic rings. The molecule has 3 fully saturated rings. The molecule has 1 spiro atoms. The summed E-state index contributed by atoms with van der Waals surface area (Å²) in [4.78, 5) is 45.2. The van der Waals surface area contributed by atoms with Gasteiger partial charge in [0, 0.05) is 13.1 Å². The summed E-state index contributed by atoms with van der Waals surface area (Å²) < 4.78 is 12.2. The molecule has 0 aromatic carbocycles. The van der Waals surface area contributed by atoms with E-state index in [0.717, 1.165) is 19.3 Å². The minimum Gasteiger partial charge on any atom is -0.461 e. The van der Waals surface area contributed by atoms with Gasteiger partial charge in [0.05, 0.1) is 24.2 Å². The Kier molecular flexibility index (Phi) is 8.71. The minimum atomic E-state index is -1.16. The highest BCUT2D eigenvalue weighted by Crippen LogP contribution is 2.65. The van der Waals surface area contributed by atoms with Gasteiger partial charge in [-0.15, -0.1) is 6.58 Å². The SMILES string of the molecule is C=CCOC(=O)[C@@H]1[C@H]2C(=O)N([C@@H](CO)[C@@H](C)CC)C(C(=O)N(CC=C)CCCC)C23CC(C)[C@@]1(C)O3. The van der Waals surface area contributed by atoms with Gasteiger partial charge in [-0.3, -0.25) is 14.4 Å². The van der Waals surface area contributed by atoms with E-state index < -0.39 is 41.1 Å². The molecule has 3 saturated heterocycles. The van der Waals surface area contributed by atoms with Crippen LogP contribution in [-0.2, 0) is 23.9 Å². The van der Waals surface area contributed by atoms with Crippen molar-refractivity contribution in [3.63, 3.8) is 0 Å². The fraction of sp³-hybridized carbons (Fsp3) is 0.750. The minimum absolute atomic E-state index is 0.0377. The van der Waals surface area contributed by atoms with Crippen LogP contribution in [0.15, 0.2) is 25.3 Å². The standard InChI is InChI=1S/C28H44N2O6/c1-8-12-14-29(13-9-2)25(33)23-28-16-19(6)27(7,36-28)22(26(34)35-15-10-3)21(28)24(32)30(23)20(17-31)18(5)11-4/h9-10,18-23,31H,2-3,8,11-17H2,1,4-7H3/t18-,19?,20-,21-,22-,23?,27+,28?/m0/s1. The lowest BCUT2D eigenvalue weighted by molar-refractivity contribution is -0.163. The number of carbonyl (C=O) groups excluding carboxylic acids is 3. The molecule has 0 saturated carbocycles. The van der Waals surface area contributed by atoms with E-state index in [1.165, 1.54) is 6.08 Å². The van der Waals surface area contributed by atoms with Crippen molar-refractivity contribution >= 4 is 17.8 Å². The number of nitrogens with zero attached hydrogens (tertiary/aromatic N) is 2. The molecule has 3 heterocycles. The van der Waals surface area contributed by atoms with Crippen molar-refractivity contribution in [3.05, 3.63) is 25.3 Å². The third-order valence-electron chi connectivity index (χ3n) is 8.87. The Morgan fingerprint density at radius 2 is 2.03 bits per heavy atom. The van der Waals surface area contributed by atoms with Crippen LogP contribution in [0.4, 0.5) is 0 Å². The highest BCUT2D eigenvalue weighted by molar-refractivity contribution is 5.98. The Balaban J connectivity index is 2.16. The van der Waals surface area contributed by atoms with Crippen LogP contribution in [0.5, 0.6) is 0 Å². The van der Waals surface area contributed by atoms with E-state index in [9.17, 15) is 19.5 Å². The molecule has 1 N–H and O–H groups in total. The highest BCUT2D eigenvalue weighted by Gasteiger charge is 2.80. The summed E-state index contributed by atoms with van der Waals surface area (Å²) in [6.45, 7) is 18.0. The number of hydrogen-bond donors (Lipinski definition) is 1. The summed E-state index contributed by atoms with van der Waals surface area (Å²) in [7, 11) is 0. The Morgan fingerprint density at radius 3 is 2.58 bits per heavy atom. The van der Waals surface area contributed by atoms with Crippen LogP contribution in [0.1, 0.15) is 60.3 Å². The molecule has 2 amide bonds. The van der Waals surface area contributed by atoms with Crippen molar-refractivity contribution in [2.75, 3.05) is 26.3 Å². The third-order valence-corrected chi connectivity index (χ3v) is 8.87. The topological polar surface area (TPSA) is 96.4 Å². The van der Waals surface area contributed by atoms with Crippen molar-refractivity contribution in [2.24, 2.45) is 23.7 Å². The maximum Gasteiger partial charge on any atom is 0.313 e. The largest absolute Gasteiger partial charge is 0.461 e. The molecule has 8 nitrogen and oxygen atoms in total. The number of carbonyl (C=O) groups is 3. The summed E-state index contributed by atoms with van der Waals surface area (Å²) in [6.07, 6.45) is 6.11. The van der Waals surface area contributed by atoms with Gasteiger partial charge in [-0.1, -0.05) is 59.3 Å². The monoisotopic (exact) mass is 504 g/mol. The Bertz CT molecular complexity index is 876. The van der Waals surface area contributed by atoms with Crippen molar-refractivity contribution in [1.82, 2.24) is 9.80 Å². The lowest BCUT2D eigenvalue weighted by Gasteiger charge is -2.41.